The van der Waals surface area contributed by atoms with Crippen LogP contribution < -0.4 is 4.74 Å². The SMILES string of the molecule is N#Cc1cccc(Oc2c(F)cc(CBr)cc2F)c1. The lowest BCUT2D eigenvalue weighted by Crippen LogP contribution is -1.95. The normalized spacial score (nSPS) is 10.0. The number of hydrogen-bond donors (Lipinski definition) is 0. The van der Waals surface area contributed by atoms with Crippen LogP contribution in [0.15, 0.2) is 36.4 Å². The third kappa shape index (κ3) is 3.09. The molecule has 0 N–H and O–H groups in total. The molecular formula is C14H8BrF2NO. The molecule has 0 aliphatic heterocycles. The maximum Gasteiger partial charge on any atom is 0.198 e. The fraction of sp³-hybridized carbons (Fsp3) is 0.0714. The lowest BCUT2D eigenvalue weighted by Gasteiger charge is -2.09. The lowest BCUT2D eigenvalue weighted by atomic mass is 10.2. The second-order valence-electron chi connectivity index (χ2n) is 3.76. The van der Waals surface area contributed by atoms with Gasteiger partial charge in [-0.3, -0.25) is 0 Å². The Kier molecular flexibility index (Phi) is 4.13. The van der Waals surface area contributed by atoms with E-state index >= 15 is 0 Å². The number of alkyl halides is 1. The molecule has 2 aromatic rings. The molecule has 0 amide bonds. The van der Waals surface area contributed by atoms with Gasteiger partial charge in [0.2, 0.25) is 0 Å². The van der Waals surface area contributed by atoms with Crippen LogP contribution in [0, 0.1) is 23.0 Å². The van der Waals surface area contributed by atoms with Gasteiger partial charge in [-0.05, 0) is 35.9 Å². The summed E-state index contributed by atoms with van der Waals surface area (Å²) in [6, 6.07) is 10.4. The highest BCUT2D eigenvalue weighted by Gasteiger charge is 2.13. The van der Waals surface area contributed by atoms with E-state index in [1.54, 1.807) is 12.1 Å². The Balaban J connectivity index is 2.36. The summed E-state index contributed by atoms with van der Waals surface area (Å²) in [5.41, 5.74) is 0.837. The van der Waals surface area contributed by atoms with Gasteiger partial charge in [0, 0.05) is 5.33 Å². The molecule has 0 unspecified atom stereocenters. The number of hydrogen-bond acceptors (Lipinski definition) is 2. The highest BCUT2D eigenvalue weighted by Crippen LogP contribution is 2.29. The van der Waals surface area contributed by atoms with E-state index < -0.39 is 17.4 Å². The summed E-state index contributed by atoms with van der Waals surface area (Å²) >= 11 is 3.13. The van der Waals surface area contributed by atoms with Crippen LogP contribution in [-0.2, 0) is 5.33 Å². The van der Waals surface area contributed by atoms with Gasteiger partial charge >= 0.3 is 0 Å². The van der Waals surface area contributed by atoms with Crippen LogP contribution in [0.25, 0.3) is 0 Å². The van der Waals surface area contributed by atoms with E-state index in [2.05, 4.69) is 15.9 Å². The molecule has 0 spiro atoms. The van der Waals surface area contributed by atoms with Crippen molar-refractivity contribution in [2.45, 2.75) is 5.33 Å². The third-order valence-electron chi connectivity index (χ3n) is 2.40. The minimum Gasteiger partial charge on any atom is -0.451 e. The first-order valence-electron chi connectivity index (χ1n) is 5.36. The average molecular weight is 324 g/mol. The van der Waals surface area contributed by atoms with Crippen molar-refractivity contribution in [3.05, 3.63) is 59.2 Å². The van der Waals surface area contributed by atoms with Gasteiger partial charge in [0.25, 0.3) is 0 Å². The van der Waals surface area contributed by atoms with Gasteiger partial charge < -0.3 is 4.74 Å². The second-order valence-corrected chi connectivity index (χ2v) is 4.32. The number of nitrogens with zero attached hydrogens (tertiary/aromatic N) is 1. The minimum absolute atomic E-state index is 0.212. The molecule has 0 fully saturated rings. The smallest absolute Gasteiger partial charge is 0.198 e. The first-order chi connectivity index (χ1) is 9.13. The Labute approximate surface area is 117 Å². The van der Waals surface area contributed by atoms with Crippen molar-refractivity contribution in [2.24, 2.45) is 0 Å². The maximum atomic E-state index is 13.7. The molecule has 0 aliphatic carbocycles. The zero-order valence-corrected chi connectivity index (χ0v) is 11.2. The average Bonchev–Trinajstić information content (AvgIpc) is 2.42. The number of halogens is 3. The largest absolute Gasteiger partial charge is 0.451 e. The molecule has 0 saturated heterocycles. The summed E-state index contributed by atoms with van der Waals surface area (Å²) in [7, 11) is 0. The van der Waals surface area contributed by atoms with E-state index in [-0.39, 0.29) is 5.75 Å². The van der Waals surface area contributed by atoms with Crippen LogP contribution in [0.5, 0.6) is 11.5 Å². The summed E-state index contributed by atoms with van der Waals surface area (Å²) in [6.45, 7) is 0. The summed E-state index contributed by atoms with van der Waals surface area (Å²) in [5.74, 6) is -1.82. The van der Waals surface area contributed by atoms with Gasteiger partial charge in [-0.25, -0.2) is 8.78 Å². The molecule has 0 heterocycles. The molecule has 5 heteroatoms. The van der Waals surface area contributed by atoms with E-state index in [9.17, 15) is 8.78 Å². The molecule has 0 aromatic heterocycles. The van der Waals surface area contributed by atoms with Crippen LogP contribution >= 0.6 is 15.9 Å². The second kappa shape index (κ2) is 5.81. The molecule has 96 valence electrons. The van der Waals surface area contributed by atoms with Crippen LogP contribution in [0.4, 0.5) is 8.78 Å². The van der Waals surface area contributed by atoms with E-state index in [4.69, 9.17) is 10.00 Å². The van der Waals surface area contributed by atoms with Crippen molar-refractivity contribution in [1.29, 1.82) is 5.26 Å². The van der Waals surface area contributed by atoms with Gasteiger partial charge in [0.15, 0.2) is 17.4 Å². The van der Waals surface area contributed by atoms with Crippen molar-refractivity contribution < 1.29 is 13.5 Å². The van der Waals surface area contributed by atoms with E-state index in [1.807, 2.05) is 6.07 Å². The van der Waals surface area contributed by atoms with Crippen LogP contribution in [0.2, 0.25) is 0 Å². The van der Waals surface area contributed by atoms with Crippen molar-refractivity contribution in [2.75, 3.05) is 0 Å². The maximum absolute atomic E-state index is 13.7. The van der Waals surface area contributed by atoms with Gasteiger partial charge in [-0.2, -0.15) is 5.26 Å². The summed E-state index contributed by atoms with van der Waals surface area (Å²) in [4.78, 5) is 0. The van der Waals surface area contributed by atoms with Crippen molar-refractivity contribution in [3.63, 3.8) is 0 Å². The molecule has 2 rings (SSSR count). The number of nitriles is 1. The van der Waals surface area contributed by atoms with E-state index in [0.29, 0.717) is 16.5 Å². The zero-order valence-electron chi connectivity index (χ0n) is 9.66. The molecule has 0 atom stereocenters. The Morgan fingerprint density at radius 1 is 1.16 bits per heavy atom. The quantitative estimate of drug-likeness (QED) is 0.778. The summed E-state index contributed by atoms with van der Waals surface area (Å²) in [5, 5.41) is 9.10. The van der Waals surface area contributed by atoms with Gasteiger partial charge in [0.1, 0.15) is 5.75 Å². The molecule has 19 heavy (non-hydrogen) atoms. The van der Waals surface area contributed by atoms with E-state index in [1.165, 1.54) is 24.3 Å². The molecule has 0 radical (unpaired) electrons. The predicted molar refractivity (Wildman–Crippen MR) is 70.2 cm³/mol. The molecule has 0 saturated carbocycles. The minimum atomic E-state index is -0.781. The molecule has 2 aromatic carbocycles. The van der Waals surface area contributed by atoms with Crippen molar-refractivity contribution in [3.8, 4) is 17.6 Å². The highest BCUT2D eigenvalue weighted by molar-refractivity contribution is 9.08. The van der Waals surface area contributed by atoms with Crippen LogP contribution in [-0.4, -0.2) is 0 Å². The van der Waals surface area contributed by atoms with Crippen LogP contribution in [0.1, 0.15) is 11.1 Å². The van der Waals surface area contributed by atoms with Crippen molar-refractivity contribution >= 4 is 15.9 Å². The van der Waals surface area contributed by atoms with E-state index in [0.717, 1.165) is 0 Å². The molecule has 0 aliphatic rings. The zero-order chi connectivity index (χ0) is 13.8. The Bertz CT molecular complexity index is 629. The number of rotatable bonds is 3. The standard InChI is InChI=1S/C14H8BrF2NO/c15-7-10-5-12(16)14(13(17)6-10)19-11-3-1-2-9(4-11)8-18/h1-6H,7H2. The van der Waals surface area contributed by atoms with Crippen molar-refractivity contribution in [1.82, 2.24) is 0 Å². The van der Waals surface area contributed by atoms with Gasteiger partial charge in [-0.1, -0.05) is 22.0 Å². The first-order valence-corrected chi connectivity index (χ1v) is 6.48. The third-order valence-corrected chi connectivity index (χ3v) is 3.04. The number of ether oxygens (including phenoxy) is 1. The topological polar surface area (TPSA) is 33.0 Å². The fourth-order valence-corrected chi connectivity index (χ4v) is 1.86. The van der Waals surface area contributed by atoms with Gasteiger partial charge in [0.05, 0.1) is 11.6 Å². The summed E-state index contributed by atoms with van der Waals surface area (Å²) < 4.78 is 32.6. The number of benzene rings is 2. The van der Waals surface area contributed by atoms with Crippen LogP contribution in [0.3, 0.4) is 0 Å². The fourth-order valence-electron chi connectivity index (χ4n) is 1.53. The Morgan fingerprint density at radius 3 is 2.42 bits per heavy atom. The Hall–Kier alpha value is -1.93. The molecule has 0 bridgehead atoms. The highest BCUT2D eigenvalue weighted by atomic mass is 79.9. The lowest BCUT2D eigenvalue weighted by molar-refractivity contribution is 0.407. The molecule has 2 nitrogen and oxygen atoms in total. The Morgan fingerprint density at radius 2 is 1.84 bits per heavy atom. The van der Waals surface area contributed by atoms with Gasteiger partial charge in [-0.15, -0.1) is 0 Å². The monoisotopic (exact) mass is 323 g/mol. The summed E-state index contributed by atoms with van der Waals surface area (Å²) in [6.07, 6.45) is 0. The predicted octanol–water partition coefficient (Wildman–Crippen LogP) is 4.52. The first kappa shape index (κ1) is 13.5. The molecular weight excluding hydrogens is 316 g/mol.